The normalized spacial score (nSPS) is 22.2. The van der Waals surface area contributed by atoms with E-state index in [0.717, 1.165) is 13.1 Å². The summed E-state index contributed by atoms with van der Waals surface area (Å²) < 4.78 is 5.27. The van der Waals surface area contributed by atoms with Crippen LogP contribution in [-0.2, 0) is 17.9 Å². The van der Waals surface area contributed by atoms with Crippen LogP contribution in [0.25, 0.3) is 0 Å². The summed E-state index contributed by atoms with van der Waals surface area (Å²) in [7, 11) is 1.61. The Morgan fingerprint density at radius 2 is 2.04 bits per heavy atom. The molecule has 1 fully saturated rings. The van der Waals surface area contributed by atoms with Crippen molar-refractivity contribution in [3.8, 4) is 0 Å². The SMILES string of the molecule is CCN(CC)Cc1nc(CN2C=NC3C2C(=O)NC(=O)N3C)no1.Cl. The summed E-state index contributed by atoms with van der Waals surface area (Å²) in [5, 5.41) is 6.29. The maximum atomic E-state index is 12.1. The molecule has 0 saturated carbocycles. The van der Waals surface area contributed by atoms with Crippen molar-refractivity contribution in [2.24, 2.45) is 4.99 Å². The van der Waals surface area contributed by atoms with Crippen LogP contribution in [-0.4, -0.2) is 75.5 Å². The second-order valence-electron chi connectivity index (χ2n) is 5.77. The number of nitrogens with one attached hydrogen (secondary N) is 1. The average molecular weight is 372 g/mol. The molecular weight excluding hydrogens is 350 g/mol. The highest BCUT2D eigenvalue weighted by Crippen LogP contribution is 2.22. The van der Waals surface area contributed by atoms with E-state index >= 15 is 0 Å². The molecule has 1 saturated heterocycles. The van der Waals surface area contributed by atoms with Crippen LogP contribution in [0.4, 0.5) is 4.79 Å². The van der Waals surface area contributed by atoms with Gasteiger partial charge in [0.25, 0.3) is 5.91 Å². The van der Waals surface area contributed by atoms with Crippen LogP contribution in [0.15, 0.2) is 9.52 Å². The van der Waals surface area contributed by atoms with E-state index in [1.54, 1.807) is 18.3 Å². The van der Waals surface area contributed by atoms with Crippen molar-refractivity contribution in [2.75, 3.05) is 20.1 Å². The fourth-order valence-electron chi connectivity index (χ4n) is 2.82. The lowest BCUT2D eigenvalue weighted by Crippen LogP contribution is -2.63. The van der Waals surface area contributed by atoms with E-state index in [4.69, 9.17) is 4.52 Å². The number of nitrogens with zero attached hydrogens (tertiary/aromatic N) is 6. The topological polar surface area (TPSA) is 107 Å². The molecule has 25 heavy (non-hydrogen) atoms. The summed E-state index contributed by atoms with van der Waals surface area (Å²) >= 11 is 0. The number of halogens is 1. The van der Waals surface area contributed by atoms with Crippen LogP contribution in [0.3, 0.4) is 0 Å². The van der Waals surface area contributed by atoms with Crippen molar-refractivity contribution >= 4 is 30.7 Å². The fraction of sp³-hybridized carbons (Fsp3) is 0.643. The maximum Gasteiger partial charge on any atom is 0.325 e. The zero-order valence-corrected chi connectivity index (χ0v) is 15.2. The van der Waals surface area contributed by atoms with Crippen molar-refractivity contribution in [2.45, 2.75) is 39.1 Å². The number of rotatable bonds is 6. The molecule has 0 bridgehead atoms. The first-order valence-corrected chi connectivity index (χ1v) is 7.94. The third kappa shape index (κ3) is 3.74. The number of imide groups is 1. The number of aliphatic imine (C=N–C) groups is 1. The van der Waals surface area contributed by atoms with Crippen molar-refractivity contribution in [1.82, 2.24) is 30.2 Å². The second-order valence-corrected chi connectivity index (χ2v) is 5.77. The minimum absolute atomic E-state index is 0. The Morgan fingerprint density at radius 3 is 2.72 bits per heavy atom. The Morgan fingerprint density at radius 1 is 1.32 bits per heavy atom. The summed E-state index contributed by atoms with van der Waals surface area (Å²) in [5.74, 6) is 0.658. The van der Waals surface area contributed by atoms with Crippen molar-refractivity contribution in [3.63, 3.8) is 0 Å². The summed E-state index contributed by atoms with van der Waals surface area (Å²) in [5.41, 5.74) is 0. The third-order valence-corrected chi connectivity index (χ3v) is 4.31. The van der Waals surface area contributed by atoms with Crippen LogP contribution in [0.1, 0.15) is 25.6 Å². The van der Waals surface area contributed by atoms with Crippen molar-refractivity contribution in [1.29, 1.82) is 0 Å². The lowest BCUT2D eigenvalue weighted by Gasteiger charge is -2.35. The van der Waals surface area contributed by atoms with Gasteiger partial charge in [-0.15, -0.1) is 12.4 Å². The second kappa shape index (κ2) is 7.79. The minimum atomic E-state index is -0.572. The number of hydrogen-bond donors (Lipinski definition) is 1. The highest BCUT2D eigenvalue weighted by molar-refractivity contribution is 6.01. The number of aromatic nitrogens is 2. The smallest absolute Gasteiger partial charge is 0.325 e. The summed E-state index contributed by atoms with van der Waals surface area (Å²) in [6.07, 6.45) is 1.04. The number of carbonyl (C=O) groups excluding carboxylic acids is 2. The molecule has 1 aromatic rings. The van der Waals surface area contributed by atoms with E-state index in [9.17, 15) is 9.59 Å². The molecule has 10 nitrogen and oxygen atoms in total. The van der Waals surface area contributed by atoms with Crippen molar-refractivity contribution in [3.05, 3.63) is 11.7 Å². The van der Waals surface area contributed by atoms with Crippen LogP contribution < -0.4 is 5.32 Å². The molecule has 11 heteroatoms. The molecule has 3 amide bonds. The molecule has 2 unspecified atom stereocenters. The lowest BCUT2D eigenvalue weighted by molar-refractivity contribution is -0.127. The van der Waals surface area contributed by atoms with Crippen LogP contribution in [0, 0.1) is 0 Å². The summed E-state index contributed by atoms with van der Waals surface area (Å²) in [6.45, 7) is 6.83. The van der Waals surface area contributed by atoms with E-state index in [-0.39, 0.29) is 18.3 Å². The van der Waals surface area contributed by atoms with Gasteiger partial charge in [0.1, 0.15) is 0 Å². The van der Waals surface area contributed by atoms with Gasteiger partial charge in [0.2, 0.25) is 5.89 Å². The standard InChI is InChI=1S/C14H21N7O3.ClH/c1-4-20(5-2)7-10-16-9(18-24-10)6-21-8-15-12-11(21)13(22)17-14(23)19(12)3;/h8,11-12H,4-7H2,1-3H3,(H,17,22,23);1H. The Bertz CT molecular complexity index is 661. The fourth-order valence-corrected chi connectivity index (χ4v) is 2.82. The summed E-state index contributed by atoms with van der Waals surface area (Å²) in [6, 6.07) is -1.02. The molecule has 2 aliphatic rings. The van der Waals surface area contributed by atoms with E-state index in [1.807, 2.05) is 0 Å². The predicted octanol–water partition coefficient (Wildman–Crippen LogP) is 0.0534. The highest BCUT2D eigenvalue weighted by Gasteiger charge is 2.45. The van der Waals surface area contributed by atoms with E-state index in [2.05, 4.69) is 39.2 Å². The Labute approximate surface area is 151 Å². The number of likely N-dealkylation sites (N-methyl/N-ethyl adjacent to an activating group) is 1. The molecule has 2 aliphatic heterocycles. The van der Waals surface area contributed by atoms with E-state index in [0.29, 0.717) is 24.8 Å². The van der Waals surface area contributed by atoms with Gasteiger partial charge in [-0.3, -0.25) is 15.0 Å². The highest BCUT2D eigenvalue weighted by atomic mass is 35.5. The summed E-state index contributed by atoms with van der Waals surface area (Å²) in [4.78, 5) is 37.7. The molecule has 0 aliphatic carbocycles. The van der Waals surface area contributed by atoms with Gasteiger partial charge in [-0.2, -0.15) is 4.98 Å². The van der Waals surface area contributed by atoms with Gasteiger partial charge in [-0.25, -0.2) is 9.79 Å². The first-order chi connectivity index (χ1) is 11.5. The van der Waals surface area contributed by atoms with Gasteiger partial charge in [0.05, 0.1) is 19.4 Å². The molecule has 3 heterocycles. The van der Waals surface area contributed by atoms with E-state index < -0.39 is 18.2 Å². The average Bonchev–Trinajstić information content (AvgIpc) is 3.18. The minimum Gasteiger partial charge on any atom is -0.340 e. The van der Waals surface area contributed by atoms with Crippen LogP contribution in [0.2, 0.25) is 0 Å². The van der Waals surface area contributed by atoms with Gasteiger partial charge < -0.3 is 14.3 Å². The first kappa shape index (κ1) is 19.1. The van der Waals surface area contributed by atoms with Gasteiger partial charge in [-0.05, 0) is 13.1 Å². The Hall–Kier alpha value is -2.20. The number of urea groups is 1. The molecule has 2 atom stereocenters. The molecule has 0 spiro atoms. The quantitative estimate of drug-likeness (QED) is 0.753. The maximum absolute atomic E-state index is 12.1. The molecule has 1 N–H and O–H groups in total. The van der Waals surface area contributed by atoms with Crippen molar-refractivity contribution < 1.29 is 14.1 Å². The molecule has 138 valence electrons. The monoisotopic (exact) mass is 371 g/mol. The molecular formula is C14H22ClN7O3. The zero-order chi connectivity index (χ0) is 17.3. The molecule has 1 aromatic heterocycles. The van der Waals surface area contributed by atoms with Crippen LogP contribution in [0.5, 0.6) is 0 Å². The van der Waals surface area contributed by atoms with E-state index in [1.165, 1.54) is 4.90 Å². The van der Waals surface area contributed by atoms with Gasteiger partial charge >= 0.3 is 6.03 Å². The third-order valence-electron chi connectivity index (χ3n) is 4.31. The molecule has 0 aromatic carbocycles. The number of hydrogen-bond acceptors (Lipinski definition) is 8. The lowest BCUT2D eigenvalue weighted by atomic mass is 10.1. The Balaban J connectivity index is 0.00000225. The zero-order valence-electron chi connectivity index (χ0n) is 14.4. The largest absolute Gasteiger partial charge is 0.340 e. The number of amides is 3. The van der Waals surface area contributed by atoms with Gasteiger partial charge in [0.15, 0.2) is 18.0 Å². The number of fused-ring (bicyclic) bond motifs is 1. The van der Waals surface area contributed by atoms with Crippen LogP contribution >= 0.6 is 12.4 Å². The van der Waals surface area contributed by atoms with Gasteiger partial charge in [-0.1, -0.05) is 19.0 Å². The molecule has 3 rings (SSSR count). The van der Waals surface area contributed by atoms with Gasteiger partial charge in [0, 0.05) is 7.05 Å². The number of carbonyl (C=O) groups is 2. The molecule has 0 radical (unpaired) electrons. The predicted molar refractivity (Wildman–Crippen MR) is 91.1 cm³/mol. The first-order valence-electron chi connectivity index (χ1n) is 7.94. The Kier molecular flexibility index (Phi) is 5.96.